The van der Waals surface area contributed by atoms with Crippen LogP contribution in [0.5, 0.6) is 17.4 Å². The van der Waals surface area contributed by atoms with Gasteiger partial charge in [0.05, 0.1) is 44.3 Å². The molecule has 2 heterocycles. The van der Waals surface area contributed by atoms with Gasteiger partial charge in [0.25, 0.3) is 0 Å². The van der Waals surface area contributed by atoms with Gasteiger partial charge in [0.15, 0.2) is 0 Å². The largest absolute Gasteiger partial charge is 0.497 e. The maximum absolute atomic E-state index is 12.7. The molecule has 1 aliphatic rings. The van der Waals surface area contributed by atoms with E-state index < -0.39 is 5.92 Å². The van der Waals surface area contributed by atoms with E-state index in [4.69, 9.17) is 18.9 Å². The van der Waals surface area contributed by atoms with Gasteiger partial charge in [-0.1, -0.05) is 0 Å². The van der Waals surface area contributed by atoms with Crippen LogP contribution in [0.25, 0.3) is 0 Å². The van der Waals surface area contributed by atoms with Crippen molar-refractivity contribution in [1.82, 2.24) is 4.98 Å². The Morgan fingerprint density at radius 2 is 2.00 bits per heavy atom. The summed E-state index contributed by atoms with van der Waals surface area (Å²) in [4.78, 5) is 31.0. The maximum atomic E-state index is 12.7. The number of nitrogens with zero attached hydrogens (tertiary/aromatic N) is 2. The number of amides is 2. The molecule has 1 N–H and O–H groups in total. The van der Waals surface area contributed by atoms with Crippen molar-refractivity contribution in [3.8, 4) is 17.4 Å². The molecule has 2 amide bonds. The molecule has 0 bridgehead atoms. The number of anilines is 2. The molecule has 1 unspecified atom stereocenters. The zero-order valence-corrected chi connectivity index (χ0v) is 17.2. The second-order valence-electron chi connectivity index (χ2n) is 6.66. The number of hydrogen-bond acceptors (Lipinski definition) is 7. The van der Waals surface area contributed by atoms with Crippen LogP contribution in [-0.2, 0) is 14.3 Å². The van der Waals surface area contributed by atoms with Gasteiger partial charge in [-0.05, 0) is 18.2 Å². The highest BCUT2D eigenvalue weighted by Gasteiger charge is 2.36. The molecule has 9 heteroatoms. The minimum Gasteiger partial charge on any atom is -0.497 e. The molecule has 0 radical (unpaired) electrons. The summed E-state index contributed by atoms with van der Waals surface area (Å²) in [6, 6.07) is 8.58. The number of carbonyl (C=O) groups is 2. The van der Waals surface area contributed by atoms with E-state index in [0.717, 1.165) is 0 Å². The van der Waals surface area contributed by atoms with Crippen LogP contribution in [0.4, 0.5) is 11.4 Å². The van der Waals surface area contributed by atoms with Gasteiger partial charge in [-0.25, -0.2) is 4.98 Å². The molecule has 0 saturated carbocycles. The molecule has 1 aromatic heterocycles. The van der Waals surface area contributed by atoms with E-state index in [-0.39, 0.29) is 24.8 Å². The number of hydrogen-bond donors (Lipinski definition) is 1. The molecule has 160 valence electrons. The van der Waals surface area contributed by atoms with Crippen LogP contribution in [0.3, 0.4) is 0 Å². The molecule has 1 aliphatic heterocycles. The number of ether oxygens (including phenoxy) is 4. The Balaban J connectivity index is 1.64. The molecular weight excluding hydrogens is 390 g/mol. The van der Waals surface area contributed by atoms with E-state index in [1.54, 1.807) is 49.5 Å². The van der Waals surface area contributed by atoms with E-state index in [0.29, 0.717) is 42.0 Å². The fraction of sp³-hybridized carbons (Fsp3) is 0.381. The summed E-state index contributed by atoms with van der Waals surface area (Å²) >= 11 is 0. The lowest BCUT2D eigenvalue weighted by atomic mass is 10.1. The van der Waals surface area contributed by atoms with Crippen LogP contribution in [0.15, 0.2) is 36.5 Å². The predicted molar refractivity (Wildman–Crippen MR) is 110 cm³/mol. The van der Waals surface area contributed by atoms with Crippen molar-refractivity contribution in [3.05, 3.63) is 36.5 Å². The lowest BCUT2D eigenvalue weighted by Gasteiger charge is -2.20. The molecule has 3 rings (SSSR count). The predicted octanol–water partition coefficient (Wildman–Crippen LogP) is 2.12. The van der Waals surface area contributed by atoms with Gasteiger partial charge in [-0.3, -0.25) is 9.59 Å². The van der Waals surface area contributed by atoms with E-state index in [2.05, 4.69) is 10.3 Å². The van der Waals surface area contributed by atoms with Crippen LogP contribution >= 0.6 is 0 Å². The first-order chi connectivity index (χ1) is 14.5. The van der Waals surface area contributed by atoms with Gasteiger partial charge in [-0.15, -0.1) is 0 Å². The number of aromatic nitrogens is 1. The first-order valence-corrected chi connectivity index (χ1v) is 9.46. The summed E-state index contributed by atoms with van der Waals surface area (Å²) in [5.41, 5.74) is 1.11. The molecule has 0 aliphatic carbocycles. The first-order valence-electron chi connectivity index (χ1n) is 9.46. The van der Waals surface area contributed by atoms with Gasteiger partial charge in [-0.2, -0.15) is 0 Å². The Hall–Kier alpha value is -3.33. The van der Waals surface area contributed by atoms with Crippen molar-refractivity contribution in [2.75, 3.05) is 51.3 Å². The van der Waals surface area contributed by atoms with E-state index >= 15 is 0 Å². The van der Waals surface area contributed by atoms with Crippen molar-refractivity contribution in [2.45, 2.75) is 6.42 Å². The van der Waals surface area contributed by atoms with Crippen LogP contribution in [0.1, 0.15) is 6.42 Å². The Bertz CT molecular complexity index is 887. The molecule has 1 fully saturated rings. The highest BCUT2D eigenvalue weighted by atomic mass is 16.5. The lowest BCUT2D eigenvalue weighted by molar-refractivity contribution is -0.122. The van der Waals surface area contributed by atoms with Gasteiger partial charge in [0.1, 0.15) is 18.1 Å². The maximum Gasteiger partial charge on any atom is 0.229 e. The average molecular weight is 415 g/mol. The van der Waals surface area contributed by atoms with Gasteiger partial charge in [0, 0.05) is 32.2 Å². The summed E-state index contributed by atoms with van der Waals surface area (Å²) in [5, 5.41) is 2.81. The molecule has 30 heavy (non-hydrogen) atoms. The van der Waals surface area contributed by atoms with E-state index in [1.165, 1.54) is 13.3 Å². The first kappa shape index (κ1) is 21.4. The van der Waals surface area contributed by atoms with Crippen LogP contribution in [-0.4, -0.2) is 57.9 Å². The highest BCUT2D eigenvalue weighted by Crippen LogP contribution is 2.36. The Morgan fingerprint density at radius 1 is 1.17 bits per heavy atom. The SMILES string of the molecule is COCCOc1ccc(NC(=O)C2CC(=O)N(c3cc(OC)ccc3OC)C2)cn1. The Labute approximate surface area is 174 Å². The number of carbonyl (C=O) groups excluding carboxylic acids is 2. The monoisotopic (exact) mass is 415 g/mol. The lowest BCUT2D eigenvalue weighted by Crippen LogP contribution is -2.28. The van der Waals surface area contributed by atoms with Crippen LogP contribution in [0, 0.1) is 5.92 Å². The van der Waals surface area contributed by atoms with E-state index in [1.807, 2.05) is 0 Å². The number of rotatable bonds is 9. The quantitative estimate of drug-likeness (QED) is 0.626. The standard InChI is InChI=1S/C21H25N3O6/c1-27-8-9-30-19-7-4-15(12-22-19)23-21(26)14-10-20(25)24(13-14)17-11-16(28-2)5-6-18(17)29-3/h4-7,11-12,14H,8-10,13H2,1-3H3,(H,23,26). The second kappa shape index (κ2) is 9.93. The Morgan fingerprint density at radius 3 is 2.67 bits per heavy atom. The third-order valence-electron chi connectivity index (χ3n) is 4.71. The summed E-state index contributed by atoms with van der Waals surface area (Å²) < 4.78 is 20.9. The van der Waals surface area contributed by atoms with Crippen molar-refractivity contribution >= 4 is 23.2 Å². The molecule has 0 spiro atoms. The minimum absolute atomic E-state index is 0.109. The minimum atomic E-state index is -0.494. The molecule has 2 aromatic rings. The van der Waals surface area contributed by atoms with Crippen molar-refractivity contribution in [3.63, 3.8) is 0 Å². The number of benzene rings is 1. The van der Waals surface area contributed by atoms with E-state index in [9.17, 15) is 9.59 Å². The Kier molecular flexibility index (Phi) is 7.08. The van der Waals surface area contributed by atoms with Crippen molar-refractivity contribution in [2.24, 2.45) is 5.92 Å². The van der Waals surface area contributed by atoms with Gasteiger partial charge >= 0.3 is 0 Å². The topological polar surface area (TPSA) is 99.2 Å². The summed E-state index contributed by atoms with van der Waals surface area (Å²) in [6.45, 7) is 1.10. The normalized spacial score (nSPS) is 15.8. The third-order valence-corrected chi connectivity index (χ3v) is 4.71. The average Bonchev–Trinajstić information content (AvgIpc) is 3.16. The number of nitrogens with one attached hydrogen (secondary N) is 1. The molecule has 1 atom stereocenters. The number of pyridine rings is 1. The van der Waals surface area contributed by atoms with Gasteiger partial charge < -0.3 is 29.2 Å². The zero-order chi connectivity index (χ0) is 21.5. The molecular formula is C21H25N3O6. The van der Waals surface area contributed by atoms with Crippen LogP contribution < -0.4 is 24.4 Å². The van der Waals surface area contributed by atoms with Crippen molar-refractivity contribution < 1.29 is 28.5 Å². The molecule has 9 nitrogen and oxygen atoms in total. The fourth-order valence-corrected chi connectivity index (χ4v) is 3.14. The summed E-state index contributed by atoms with van der Waals surface area (Å²) in [5.74, 6) is 0.691. The second-order valence-corrected chi connectivity index (χ2v) is 6.66. The summed E-state index contributed by atoms with van der Waals surface area (Å²) in [7, 11) is 4.68. The third kappa shape index (κ3) is 4.98. The molecule has 1 saturated heterocycles. The highest BCUT2D eigenvalue weighted by molar-refractivity contribution is 6.04. The molecule has 1 aromatic carbocycles. The zero-order valence-electron chi connectivity index (χ0n) is 17.2. The summed E-state index contributed by atoms with van der Waals surface area (Å²) in [6.07, 6.45) is 1.62. The fourth-order valence-electron chi connectivity index (χ4n) is 3.14. The smallest absolute Gasteiger partial charge is 0.229 e. The van der Waals surface area contributed by atoms with Gasteiger partial charge in [0.2, 0.25) is 17.7 Å². The van der Waals surface area contributed by atoms with Crippen molar-refractivity contribution in [1.29, 1.82) is 0 Å². The van der Waals surface area contributed by atoms with Crippen LogP contribution in [0.2, 0.25) is 0 Å². The number of methoxy groups -OCH3 is 3.